The van der Waals surface area contributed by atoms with Gasteiger partial charge in [0.1, 0.15) is 0 Å². The Morgan fingerprint density at radius 1 is 1.61 bits per heavy atom. The van der Waals surface area contributed by atoms with Crippen LogP contribution in [0.5, 0.6) is 0 Å². The van der Waals surface area contributed by atoms with Crippen LogP contribution in [0.25, 0.3) is 0 Å². The smallest absolute Gasteiger partial charge is 0.224 e. The number of hydrogen-bond acceptors (Lipinski definition) is 3. The zero-order valence-corrected chi connectivity index (χ0v) is 10.7. The molecule has 0 heterocycles. The summed E-state index contributed by atoms with van der Waals surface area (Å²) in [7, 11) is 0. The van der Waals surface area contributed by atoms with E-state index in [4.69, 9.17) is 10.5 Å². The molecular weight excluding hydrogens is 228 g/mol. The number of nitrogens with two attached hydrogens (primary N) is 1. The summed E-state index contributed by atoms with van der Waals surface area (Å²) in [6.45, 7) is 6.46. The summed E-state index contributed by atoms with van der Waals surface area (Å²) >= 11 is 0. The van der Waals surface area contributed by atoms with Gasteiger partial charge in [-0.1, -0.05) is 18.2 Å². The summed E-state index contributed by atoms with van der Waals surface area (Å²) in [6, 6.07) is 7.32. The van der Waals surface area contributed by atoms with Crippen LogP contribution in [-0.2, 0) is 16.0 Å². The van der Waals surface area contributed by atoms with Crippen molar-refractivity contribution in [3.63, 3.8) is 0 Å². The number of carbonyl (C=O) groups is 1. The third kappa shape index (κ3) is 5.50. The van der Waals surface area contributed by atoms with Crippen molar-refractivity contribution in [1.29, 1.82) is 0 Å². The molecule has 98 valence electrons. The molecule has 0 saturated heterocycles. The molecule has 1 aromatic rings. The molecule has 0 aliphatic carbocycles. The molecule has 0 saturated carbocycles. The SMILES string of the molecule is C=CCOC(C)CNC(=O)Cc1cccc(N)c1. The van der Waals surface area contributed by atoms with Crippen LogP contribution in [-0.4, -0.2) is 25.2 Å². The van der Waals surface area contributed by atoms with Crippen molar-refractivity contribution in [2.24, 2.45) is 0 Å². The van der Waals surface area contributed by atoms with Crippen molar-refractivity contribution in [3.8, 4) is 0 Å². The molecule has 0 fully saturated rings. The number of rotatable bonds is 7. The Kier molecular flexibility index (Phi) is 5.94. The van der Waals surface area contributed by atoms with Gasteiger partial charge in [-0.3, -0.25) is 4.79 Å². The average molecular weight is 248 g/mol. The van der Waals surface area contributed by atoms with Crippen LogP contribution in [0.3, 0.4) is 0 Å². The number of anilines is 1. The van der Waals surface area contributed by atoms with Crippen molar-refractivity contribution in [2.75, 3.05) is 18.9 Å². The maximum absolute atomic E-state index is 11.7. The number of nitrogens with one attached hydrogen (secondary N) is 1. The largest absolute Gasteiger partial charge is 0.399 e. The Morgan fingerprint density at radius 3 is 3.06 bits per heavy atom. The molecule has 0 radical (unpaired) electrons. The molecule has 4 nitrogen and oxygen atoms in total. The van der Waals surface area contributed by atoms with Gasteiger partial charge in [0.2, 0.25) is 5.91 Å². The van der Waals surface area contributed by atoms with E-state index in [0.717, 1.165) is 5.56 Å². The van der Waals surface area contributed by atoms with Crippen LogP contribution in [0.1, 0.15) is 12.5 Å². The normalized spacial score (nSPS) is 11.8. The Hall–Kier alpha value is -1.81. The van der Waals surface area contributed by atoms with Gasteiger partial charge < -0.3 is 15.8 Å². The first-order valence-electron chi connectivity index (χ1n) is 5.95. The third-order valence-corrected chi connectivity index (χ3v) is 2.40. The fourth-order valence-corrected chi connectivity index (χ4v) is 1.50. The van der Waals surface area contributed by atoms with Gasteiger partial charge in [0.15, 0.2) is 0 Å². The number of hydrogen-bond donors (Lipinski definition) is 2. The molecule has 1 unspecified atom stereocenters. The molecule has 0 aliphatic rings. The lowest BCUT2D eigenvalue weighted by atomic mass is 10.1. The van der Waals surface area contributed by atoms with Crippen LogP contribution >= 0.6 is 0 Å². The van der Waals surface area contributed by atoms with Gasteiger partial charge >= 0.3 is 0 Å². The summed E-state index contributed by atoms with van der Waals surface area (Å²) in [5.74, 6) is -0.0327. The molecule has 1 aromatic carbocycles. The molecule has 4 heteroatoms. The quantitative estimate of drug-likeness (QED) is 0.568. The molecule has 1 atom stereocenters. The molecule has 18 heavy (non-hydrogen) atoms. The van der Waals surface area contributed by atoms with Crippen LogP contribution in [0, 0.1) is 0 Å². The van der Waals surface area contributed by atoms with E-state index in [1.807, 2.05) is 19.1 Å². The minimum Gasteiger partial charge on any atom is -0.399 e. The highest BCUT2D eigenvalue weighted by Crippen LogP contribution is 2.06. The lowest BCUT2D eigenvalue weighted by molar-refractivity contribution is -0.121. The molecule has 0 spiro atoms. The summed E-state index contributed by atoms with van der Waals surface area (Å²) < 4.78 is 5.36. The first-order chi connectivity index (χ1) is 8.61. The first kappa shape index (κ1) is 14.3. The van der Waals surface area contributed by atoms with Crippen molar-refractivity contribution in [2.45, 2.75) is 19.4 Å². The van der Waals surface area contributed by atoms with Gasteiger partial charge in [0, 0.05) is 12.2 Å². The predicted octanol–water partition coefficient (Wildman–Crippen LogP) is 1.52. The van der Waals surface area contributed by atoms with Gasteiger partial charge in [-0.15, -0.1) is 6.58 Å². The van der Waals surface area contributed by atoms with E-state index in [1.165, 1.54) is 0 Å². The lowest BCUT2D eigenvalue weighted by Gasteiger charge is -2.12. The highest BCUT2D eigenvalue weighted by molar-refractivity contribution is 5.78. The van der Waals surface area contributed by atoms with Gasteiger partial charge in [-0.2, -0.15) is 0 Å². The van der Waals surface area contributed by atoms with Crippen molar-refractivity contribution in [1.82, 2.24) is 5.32 Å². The van der Waals surface area contributed by atoms with Gasteiger partial charge in [0.05, 0.1) is 19.1 Å². The van der Waals surface area contributed by atoms with E-state index in [2.05, 4.69) is 11.9 Å². The van der Waals surface area contributed by atoms with E-state index in [0.29, 0.717) is 25.3 Å². The second-order valence-electron chi connectivity index (χ2n) is 4.16. The van der Waals surface area contributed by atoms with E-state index >= 15 is 0 Å². The summed E-state index contributed by atoms with van der Waals surface area (Å²) in [5, 5.41) is 2.82. The summed E-state index contributed by atoms with van der Waals surface area (Å²) in [5.41, 5.74) is 7.23. The van der Waals surface area contributed by atoms with Crippen LogP contribution in [0.2, 0.25) is 0 Å². The minimum atomic E-state index is -0.0327. The summed E-state index contributed by atoms with van der Waals surface area (Å²) in [6.07, 6.45) is 2.00. The Labute approximate surface area is 108 Å². The second-order valence-corrected chi connectivity index (χ2v) is 4.16. The Bertz CT molecular complexity index is 405. The fourth-order valence-electron chi connectivity index (χ4n) is 1.50. The molecule has 3 N–H and O–H groups in total. The van der Waals surface area contributed by atoms with Gasteiger partial charge in [-0.25, -0.2) is 0 Å². The molecule has 0 aliphatic heterocycles. The monoisotopic (exact) mass is 248 g/mol. The third-order valence-electron chi connectivity index (χ3n) is 2.40. The topological polar surface area (TPSA) is 64.3 Å². The van der Waals surface area contributed by atoms with E-state index in [1.54, 1.807) is 18.2 Å². The van der Waals surface area contributed by atoms with E-state index in [-0.39, 0.29) is 12.0 Å². The number of benzene rings is 1. The van der Waals surface area contributed by atoms with Crippen molar-refractivity contribution in [3.05, 3.63) is 42.5 Å². The van der Waals surface area contributed by atoms with Crippen LogP contribution in [0.4, 0.5) is 5.69 Å². The van der Waals surface area contributed by atoms with Crippen molar-refractivity contribution < 1.29 is 9.53 Å². The standard InChI is InChI=1S/C14H20N2O2/c1-3-7-18-11(2)10-16-14(17)9-12-5-4-6-13(15)8-12/h3-6,8,11H,1,7,9-10,15H2,2H3,(H,16,17). The first-order valence-corrected chi connectivity index (χ1v) is 5.95. The second kappa shape index (κ2) is 7.50. The Balaban J connectivity index is 2.31. The minimum absolute atomic E-state index is 0.0206. The zero-order chi connectivity index (χ0) is 13.4. The lowest BCUT2D eigenvalue weighted by Crippen LogP contribution is -2.33. The van der Waals surface area contributed by atoms with Gasteiger partial charge in [-0.05, 0) is 24.6 Å². The fraction of sp³-hybridized carbons (Fsp3) is 0.357. The average Bonchev–Trinajstić information content (AvgIpc) is 2.34. The number of nitrogen functional groups attached to an aromatic ring is 1. The number of amides is 1. The maximum atomic E-state index is 11.7. The maximum Gasteiger partial charge on any atom is 0.224 e. The highest BCUT2D eigenvalue weighted by atomic mass is 16.5. The Morgan fingerprint density at radius 2 is 2.39 bits per heavy atom. The van der Waals surface area contributed by atoms with Crippen LogP contribution in [0.15, 0.2) is 36.9 Å². The number of ether oxygens (including phenoxy) is 1. The highest BCUT2D eigenvalue weighted by Gasteiger charge is 2.06. The summed E-state index contributed by atoms with van der Waals surface area (Å²) in [4.78, 5) is 11.7. The van der Waals surface area contributed by atoms with Crippen LogP contribution < -0.4 is 11.1 Å². The van der Waals surface area contributed by atoms with E-state index in [9.17, 15) is 4.79 Å². The van der Waals surface area contributed by atoms with E-state index < -0.39 is 0 Å². The molecule has 1 amide bonds. The molecule has 0 bridgehead atoms. The predicted molar refractivity (Wildman–Crippen MR) is 73.2 cm³/mol. The molecule has 1 rings (SSSR count). The molecule has 0 aromatic heterocycles. The van der Waals surface area contributed by atoms with Crippen molar-refractivity contribution >= 4 is 11.6 Å². The molecular formula is C14H20N2O2. The zero-order valence-electron chi connectivity index (χ0n) is 10.7. The number of carbonyl (C=O) groups excluding carboxylic acids is 1. The van der Waals surface area contributed by atoms with Gasteiger partial charge in [0.25, 0.3) is 0 Å².